The fourth-order valence-corrected chi connectivity index (χ4v) is 2.20. The Kier molecular flexibility index (Phi) is 3.21. The molecule has 1 aromatic rings. The van der Waals surface area contributed by atoms with Crippen molar-refractivity contribution in [3.63, 3.8) is 0 Å². The van der Waals surface area contributed by atoms with E-state index in [0.717, 1.165) is 25.1 Å². The Morgan fingerprint density at radius 1 is 1.67 bits per heavy atom. The molecule has 4 heteroatoms. The molecule has 2 rings (SSSR count). The molecule has 80 valence electrons. The van der Waals surface area contributed by atoms with Crippen molar-refractivity contribution in [3.8, 4) is 0 Å². The molecule has 1 atom stereocenters. The Bertz CT molecular complexity index is 342. The van der Waals surface area contributed by atoms with Gasteiger partial charge in [-0.1, -0.05) is 0 Å². The number of aromatic nitrogens is 1. The van der Waals surface area contributed by atoms with E-state index in [0.29, 0.717) is 0 Å². The molecule has 0 amide bonds. The maximum Gasteiger partial charge on any atom is 0.169 e. The summed E-state index contributed by atoms with van der Waals surface area (Å²) in [6.07, 6.45) is 5.47. The second kappa shape index (κ2) is 4.62. The minimum absolute atomic E-state index is 0.0494. The zero-order chi connectivity index (χ0) is 10.7. The van der Waals surface area contributed by atoms with Gasteiger partial charge in [0.05, 0.1) is 23.8 Å². The molecule has 0 saturated carbocycles. The number of ketones is 1. The van der Waals surface area contributed by atoms with Crippen LogP contribution in [0.25, 0.3) is 0 Å². The third-order valence-corrected chi connectivity index (χ3v) is 3.00. The van der Waals surface area contributed by atoms with Crippen LogP contribution >= 0.6 is 11.6 Å². The largest absolute Gasteiger partial charge is 0.360 e. The van der Waals surface area contributed by atoms with Crippen LogP contribution in [0.4, 0.5) is 5.69 Å². The fourth-order valence-electron chi connectivity index (χ4n) is 2.02. The first-order chi connectivity index (χ1) is 7.33. The Morgan fingerprint density at radius 3 is 3.20 bits per heavy atom. The molecule has 0 bridgehead atoms. The molecule has 1 aromatic heterocycles. The van der Waals surface area contributed by atoms with E-state index in [4.69, 9.17) is 11.6 Å². The molecule has 0 aromatic carbocycles. The normalized spacial score (nSPS) is 20.6. The molecular formula is C11H13ClN2O. The summed E-state index contributed by atoms with van der Waals surface area (Å²) < 4.78 is 0. The van der Waals surface area contributed by atoms with Gasteiger partial charge >= 0.3 is 0 Å². The molecule has 0 spiro atoms. The summed E-state index contributed by atoms with van der Waals surface area (Å²) in [6.45, 7) is 0.916. The molecule has 0 radical (unpaired) electrons. The van der Waals surface area contributed by atoms with Crippen LogP contribution in [-0.4, -0.2) is 29.2 Å². The SMILES string of the molecule is O=C(CCl)[C@H]1CCCN1c1cccnc1. The highest BCUT2D eigenvalue weighted by molar-refractivity contribution is 6.28. The predicted octanol–water partition coefficient (Wildman–Crippen LogP) is 1.86. The van der Waals surface area contributed by atoms with E-state index in [2.05, 4.69) is 9.88 Å². The highest BCUT2D eigenvalue weighted by Gasteiger charge is 2.29. The lowest BCUT2D eigenvalue weighted by Crippen LogP contribution is -2.36. The van der Waals surface area contributed by atoms with E-state index >= 15 is 0 Å². The van der Waals surface area contributed by atoms with Gasteiger partial charge in [0.1, 0.15) is 0 Å². The molecule has 0 unspecified atom stereocenters. The van der Waals surface area contributed by atoms with Crippen LogP contribution in [-0.2, 0) is 4.79 Å². The van der Waals surface area contributed by atoms with Crippen molar-refractivity contribution in [1.82, 2.24) is 4.98 Å². The second-order valence-electron chi connectivity index (χ2n) is 3.66. The third kappa shape index (κ3) is 2.12. The topological polar surface area (TPSA) is 33.2 Å². The number of nitrogens with zero attached hydrogens (tertiary/aromatic N) is 2. The van der Waals surface area contributed by atoms with E-state index in [9.17, 15) is 4.79 Å². The predicted molar refractivity (Wildman–Crippen MR) is 60.3 cm³/mol. The Labute approximate surface area is 94.1 Å². The molecule has 1 aliphatic rings. The van der Waals surface area contributed by atoms with E-state index in [1.165, 1.54) is 0 Å². The van der Waals surface area contributed by atoms with Crippen LogP contribution in [0.15, 0.2) is 24.5 Å². The fraction of sp³-hybridized carbons (Fsp3) is 0.455. The Balaban J connectivity index is 2.18. The molecule has 15 heavy (non-hydrogen) atoms. The molecule has 2 heterocycles. The highest BCUT2D eigenvalue weighted by atomic mass is 35.5. The Hall–Kier alpha value is -1.09. The molecule has 1 aliphatic heterocycles. The molecule has 0 aliphatic carbocycles. The summed E-state index contributed by atoms with van der Waals surface area (Å²) in [7, 11) is 0. The quantitative estimate of drug-likeness (QED) is 0.735. The number of rotatable bonds is 3. The summed E-state index contributed by atoms with van der Waals surface area (Å²) in [5.41, 5.74) is 1.01. The molecular weight excluding hydrogens is 212 g/mol. The zero-order valence-corrected chi connectivity index (χ0v) is 9.15. The van der Waals surface area contributed by atoms with Crippen LogP contribution in [0.5, 0.6) is 0 Å². The van der Waals surface area contributed by atoms with Gasteiger partial charge in [-0.15, -0.1) is 11.6 Å². The van der Waals surface area contributed by atoms with Gasteiger partial charge in [-0.05, 0) is 25.0 Å². The average molecular weight is 225 g/mol. The number of hydrogen-bond donors (Lipinski definition) is 0. The van der Waals surface area contributed by atoms with Gasteiger partial charge in [0.2, 0.25) is 0 Å². The average Bonchev–Trinajstić information content (AvgIpc) is 2.78. The molecule has 3 nitrogen and oxygen atoms in total. The number of carbonyl (C=O) groups excluding carboxylic acids is 1. The van der Waals surface area contributed by atoms with Gasteiger partial charge in [-0.25, -0.2) is 0 Å². The van der Waals surface area contributed by atoms with Gasteiger partial charge in [-0.3, -0.25) is 9.78 Å². The first-order valence-corrected chi connectivity index (χ1v) is 5.61. The summed E-state index contributed by atoms with van der Waals surface area (Å²) >= 11 is 5.59. The Morgan fingerprint density at radius 2 is 2.53 bits per heavy atom. The van der Waals surface area contributed by atoms with Crippen molar-refractivity contribution in [2.75, 3.05) is 17.3 Å². The minimum Gasteiger partial charge on any atom is -0.360 e. The van der Waals surface area contributed by atoms with E-state index < -0.39 is 0 Å². The lowest BCUT2D eigenvalue weighted by Gasteiger charge is -2.24. The van der Waals surface area contributed by atoms with Crippen molar-refractivity contribution in [3.05, 3.63) is 24.5 Å². The molecule has 1 fully saturated rings. The van der Waals surface area contributed by atoms with Crippen molar-refractivity contribution in [2.45, 2.75) is 18.9 Å². The van der Waals surface area contributed by atoms with E-state index in [1.54, 1.807) is 12.4 Å². The minimum atomic E-state index is -0.0494. The monoisotopic (exact) mass is 224 g/mol. The number of anilines is 1. The number of carbonyl (C=O) groups is 1. The second-order valence-corrected chi connectivity index (χ2v) is 3.93. The smallest absolute Gasteiger partial charge is 0.169 e. The summed E-state index contributed by atoms with van der Waals surface area (Å²) in [6, 6.07) is 3.81. The maximum absolute atomic E-state index is 11.6. The van der Waals surface area contributed by atoms with E-state index in [1.807, 2.05) is 12.1 Å². The van der Waals surface area contributed by atoms with Crippen LogP contribution < -0.4 is 4.90 Å². The van der Waals surface area contributed by atoms with Crippen molar-refractivity contribution < 1.29 is 4.79 Å². The summed E-state index contributed by atoms with van der Waals surface area (Å²) in [4.78, 5) is 17.8. The number of halogens is 1. The zero-order valence-electron chi connectivity index (χ0n) is 8.40. The number of alkyl halides is 1. The highest BCUT2D eigenvalue weighted by Crippen LogP contribution is 2.25. The van der Waals surface area contributed by atoms with Gasteiger partial charge in [0, 0.05) is 12.7 Å². The van der Waals surface area contributed by atoms with Gasteiger partial charge in [-0.2, -0.15) is 0 Å². The van der Waals surface area contributed by atoms with Crippen LogP contribution in [0.2, 0.25) is 0 Å². The lowest BCUT2D eigenvalue weighted by atomic mass is 10.1. The standard InChI is InChI=1S/C11H13ClN2O/c12-7-11(15)10-4-2-6-14(10)9-3-1-5-13-8-9/h1,3,5,8,10H,2,4,6-7H2/t10-/m1/s1. The maximum atomic E-state index is 11.6. The first kappa shape index (κ1) is 10.4. The summed E-state index contributed by atoms with van der Waals surface area (Å²) in [5, 5.41) is 0. The molecule has 1 saturated heterocycles. The first-order valence-electron chi connectivity index (χ1n) is 5.08. The van der Waals surface area contributed by atoms with Crippen molar-refractivity contribution in [2.24, 2.45) is 0 Å². The van der Waals surface area contributed by atoms with Crippen molar-refractivity contribution in [1.29, 1.82) is 0 Å². The van der Waals surface area contributed by atoms with Gasteiger partial charge in [0.15, 0.2) is 5.78 Å². The van der Waals surface area contributed by atoms with Gasteiger partial charge in [0.25, 0.3) is 0 Å². The van der Waals surface area contributed by atoms with Crippen molar-refractivity contribution >= 4 is 23.1 Å². The third-order valence-electron chi connectivity index (χ3n) is 2.73. The van der Waals surface area contributed by atoms with Crippen LogP contribution in [0, 0.1) is 0 Å². The number of pyridine rings is 1. The number of Topliss-reactive ketones (excluding diaryl/α,β-unsaturated/α-hetero) is 1. The van der Waals surface area contributed by atoms with Gasteiger partial charge < -0.3 is 4.90 Å². The van der Waals surface area contributed by atoms with Crippen LogP contribution in [0.3, 0.4) is 0 Å². The van der Waals surface area contributed by atoms with Crippen LogP contribution in [0.1, 0.15) is 12.8 Å². The number of hydrogen-bond acceptors (Lipinski definition) is 3. The van der Waals surface area contributed by atoms with E-state index in [-0.39, 0.29) is 17.7 Å². The summed E-state index contributed by atoms with van der Waals surface area (Å²) in [5.74, 6) is 0.208. The lowest BCUT2D eigenvalue weighted by molar-refractivity contribution is -0.117. The molecule has 0 N–H and O–H groups in total.